The van der Waals surface area contributed by atoms with Gasteiger partial charge in [0, 0.05) is 11.3 Å². The van der Waals surface area contributed by atoms with Gasteiger partial charge in [0.05, 0.1) is 13.1 Å². The molecule has 0 spiro atoms. The molecule has 29 heavy (non-hydrogen) atoms. The van der Waals surface area contributed by atoms with E-state index in [-0.39, 0.29) is 18.3 Å². The largest absolute Gasteiger partial charge is 0.338 e. The molecule has 0 saturated carbocycles. The summed E-state index contributed by atoms with van der Waals surface area (Å²) in [5.74, 6) is 0.306. The van der Waals surface area contributed by atoms with Crippen molar-refractivity contribution in [2.45, 2.75) is 33.7 Å². The number of benzene rings is 2. The normalized spacial score (nSPS) is 11.1. The number of nitrogens with one attached hydrogen (secondary N) is 1. The molecule has 0 unspecified atom stereocenters. The lowest BCUT2D eigenvalue weighted by atomic mass is 10.1. The summed E-state index contributed by atoms with van der Waals surface area (Å²) in [7, 11) is 0. The second-order valence-electron chi connectivity index (χ2n) is 7.05. The molecule has 0 radical (unpaired) electrons. The molecule has 0 fully saturated rings. The van der Waals surface area contributed by atoms with Crippen molar-refractivity contribution in [3.63, 3.8) is 0 Å². The molecular formula is C22H25FN4O2. The lowest BCUT2D eigenvalue weighted by Crippen LogP contribution is -2.33. The Labute approximate surface area is 169 Å². The summed E-state index contributed by atoms with van der Waals surface area (Å²) < 4.78 is 19.1. The van der Waals surface area contributed by atoms with Crippen molar-refractivity contribution in [3.05, 3.63) is 65.3 Å². The van der Waals surface area contributed by atoms with E-state index in [0.717, 1.165) is 17.7 Å². The van der Waals surface area contributed by atoms with E-state index in [1.54, 1.807) is 19.1 Å². The lowest BCUT2D eigenvalue weighted by Gasteiger charge is -2.19. The fraction of sp³-hybridized carbons (Fsp3) is 0.318. The summed E-state index contributed by atoms with van der Waals surface area (Å²) in [5.41, 5.74) is 2.93. The highest BCUT2D eigenvalue weighted by Gasteiger charge is 2.16. The van der Waals surface area contributed by atoms with Crippen LogP contribution in [0.25, 0.3) is 11.4 Å². The van der Waals surface area contributed by atoms with Gasteiger partial charge >= 0.3 is 0 Å². The fourth-order valence-corrected chi connectivity index (χ4v) is 3.00. The van der Waals surface area contributed by atoms with E-state index in [1.165, 1.54) is 6.07 Å². The number of amides is 1. The summed E-state index contributed by atoms with van der Waals surface area (Å²) in [5, 5.41) is 6.89. The standard InChI is InChI=1S/C22H25FN4O2/c1-4-11-27(13-20(28)24-19-8-6-5-7-16(19)3)14-21-25-22(26-29-21)17-10-9-15(2)18(23)12-17/h5-10,12H,4,11,13-14H2,1-3H3,(H,24,28). The Bertz CT molecular complexity index is 986. The first-order chi connectivity index (χ1) is 14.0. The number of halogens is 1. The van der Waals surface area contributed by atoms with Crippen molar-refractivity contribution in [2.24, 2.45) is 0 Å². The van der Waals surface area contributed by atoms with E-state index in [2.05, 4.69) is 15.5 Å². The minimum Gasteiger partial charge on any atom is -0.338 e. The van der Waals surface area contributed by atoms with E-state index in [1.807, 2.05) is 43.0 Å². The Morgan fingerprint density at radius 3 is 2.69 bits per heavy atom. The third-order valence-electron chi connectivity index (χ3n) is 4.58. The Kier molecular flexibility index (Phi) is 6.72. The first kappa shape index (κ1) is 20.7. The van der Waals surface area contributed by atoms with Gasteiger partial charge in [0.2, 0.25) is 17.6 Å². The smallest absolute Gasteiger partial charge is 0.241 e. The Balaban J connectivity index is 1.66. The van der Waals surface area contributed by atoms with E-state index < -0.39 is 0 Å². The number of hydrogen-bond donors (Lipinski definition) is 1. The van der Waals surface area contributed by atoms with Gasteiger partial charge in [-0.05, 0) is 50.1 Å². The molecule has 3 aromatic rings. The van der Waals surface area contributed by atoms with Crippen LogP contribution in [0, 0.1) is 19.7 Å². The van der Waals surface area contributed by atoms with Crippen LogP contribution < -0.4 is 5.32 Å². The second kappa shape index (κ2) is 9.43. The van der Waals surface area contributed by atoms with Crippen molar-refractivity contribution >= 4 is 11.6 Å². The number of para-hydroxylation sites is 1. The molecule has 1 aromatic heterocycles. The molecule has 152 valence electrons. The summed E-state index contributed by atoms with van der Waals surface area (Å²) in [6.45, 7) is 6.95. The number of nitrogens with zero attached hydrogens (tertiary/aromatic N) is 3. The zero-order valence-electron chi connectivity index (χ0n) is 16.9. The van der Waals surface area contributed by atoms with Crippen LogP contribution in [0.3, 0.4) is 0 Å². The average Bonchev–Trinajstić information content (AvgIpc) is 3.14. The molecule has 0 aliphatic carbocycles. The van der Waals surface area contributed by atoms with Crippen LogP contribution >= 0.6 is 0 Å². The van der Waals surface area contributed by atoms with Gasteiger partial charge in [-0.1, -0.05) is 42.4 Å². The molecule has 0 aliphatic rings. The zero-order valence-corrected chi connectivity index (χ0v) is 16.9. The molecule has 1 amide bonds. The van der Waals surface area contributed by atoms with Crippen LogP contribution in [0.4, 0.5) is 10.1 Å². The molecule has 3 rings (SSSR count). The molecule has 1 heterocycles. The molecule has 0 atom stereocenters. The molecule has 2 aromatic carbocycles. The third kappa shape index (κ3) is 5.48. The average molecular weight is 396 g/mol. The second-order valence-corrected chi connectivity index (χ2v) is 7.05. The Hall–Kier alpha value is -3.06. The highest BCUT2D eigenvalue weighted by atomic mass is 19.1. The van der Waals surface area contributed by atoms with Crippen LogP contribution in [0.1, 0.15) is 30.4 Å². The number of rotatable bonds is 8. The molecule has 0 aliphatic heterocycles. The van der Waals surface area contributed by atoms with E-state index in [0.29, 0.717) is 35.9 Å². The van der Waals surface area contributed by atoms with Crippen LogP contribution in [0.15, 0.2) is 47.0 Å². The predicted octanol–water partition coefficient (Wildman–Crippen LogP) is 4.34. The van der Waals surface area contributed by atoms with Crippen LogP contribution in [0.2, 0.25) is 0 Å². The number of carbonyl (C=O) groups excluding carboxylic acids is 1. The highest BCUT2D eigenvalue weighted by molar-refractivity contribution is 5.92. The van der Waals surface area contributed by atoms with Gasteiger partial charge in [-0.25, -0.2) is 4.39 Å². The third-order valence-corrected chi connectivity index (χ3v) is 4.58. The predicted molar refractivity (Wildman–Crippen MR) is 110 cm³/mol. The molecule has 7 heteroatoms. The first-order valence-electron chi connectivity index (χ1n) is 9.63. The van der Waals surface area contributed by atoms with Crippen LogP contribution in [0.5, 0.6) is 0 Å². The van der Waals surface area contributed by atoms with Gasteiger partial charge < -0.3 is 9.84 Å². The quantitative estimate of drug-likeness (QED) is 0.613. The molecular weight excluding hydrogens is 371 g/mol. The highest BCUT2D eigenvalue weighted by Crippen LogP contribution is 2.19. The minimum atomic E-state index is -0.311. The van der Waals surface area contributed by atoms with Gasteiger partial charge in [-0.15, -0.1) is 0 Å². The molecule has 0 saturated heterocycles. The van der Waals surface area contributed by atoms with Crippen molar-refractivity contribution in [1.82, 2.24) is 15.0 Å². The molecule has 6 nitrogen and oxygen atoms in total. The lowest BCUT2D eigenvalue weighted by molar-refractivity contribution is -0.117. The minimum absolute atomic E-state index is 0.104. The number of carbonyl (C=O) groups is 1. The summed E-state index contributed by atoms with van der Waals surface area (Å²) in [4.78, 5) is 18.8. The Morgan fingerprint density at radius 1 is 1.17 bits per heavy atom. The SMILES string of the molecule is CCCN(CC(=O)Nc1ccccc1C)Cc1nc(-c2ccc(C)c(F)c2)no1. The van der Waals surface area contributed by atoms with Crippen molar-refractivity contribution < 1.29 is 13.7 Å². The van der Waals surface area contributed by atoms with E-state index >= 15 is 0 Å². The topological polar surface area (TPSA) is 71.3 Å². The summed E-state index contributed by atoms with van der Waals surface area (Å²) >= 11 is 0. The maximum Gasteiger partial charge on any atom is 0.241 e. The van der Waals surface area contributed by atoms with Gasteiger partial charge in [0.15, 0.2) is 0 Å². The van der Waals surface area contributed by atoms with E-state index in [4.69, 9.17) is 4.52 Å². The van der Waals surface area contributed by atoms with Crippen molar-refractivity contribution in [3.8, 4) is 11.4 Å². The monoisotopic (exact) mass is 396 g/mol. The van der Waals surface area contributed by atoms with Gasteiger partial charge in [-0.3, -0.25) is 9.69 Å². The van der Waals surface area contributed by atoms with Gasteiger partial charge in [-0.2, -0.15) is 4.98 Å². The van der Waals surface area contributed by atoms with Crippen molar-refractivity contribution in [1.29, 1.82) is 0 Å². The number of aryl methyl sites for hydroxylation is 2. The molecule has 1 N–H and O–H groups in total. The van der Waals surface area contributed by atoms with Crippen LogP contribution in [-0.2, 0) is 11.3 Å². The molecule has 0 bridgehead atoms. The maximum atomic E-state index is 13.8. The van der Waals surface area contributed by atoms with Crippen molar-refractivity contribution in [2.75, 3.05) is 18.4 Å². The first-order valence-corrected chi connectivity index (χ1v) is 9.63. The van der Waals surface area contributed by atoms with E-state index in [9.17, 15) is 9.18 Å². The number of aromatic nitrogens is 2. The number of anilines is 1. The van der Waals surface area contributed by atoms with Gasteiger partial charge in [0.1, 0.15) is 5.82 Å². The summed E-state index contributed by atoms with van der Waals surface area (Å²) in [6.07, 6.45) is 0.877. The fourth-order valence-electron chi connectivity index (χ4n) is 3.00. The maximum absolute atomic E-state index is 13.8. The van der Waals surface area contributed by atoms with Crippen LogP contribution in [-0.4, -0.2) is 34.0 Å². The number of hydrogen-bond acceptors (Lipinski definition) is 5. The summed E-state index contributed by atoms with van der Waals surface area (Å²) in [6, 6.07) is 12.5. The Morgan fingerprint density at radius 2 is 1.97 bits per heavy atom. The zero-order chi connectivity index (χ0) is 20.8. The van der Waals surface area contributed by atoms with Gasteiger partial charge in [0.25, 0.3) is 0 Å².